The molecule has 0 aliphatic rings. The van der Waals surface area contributed by atoms with Crippen LogP contribution in [0.3, 0.4) is 0 Å². The molecule has 0 amide bonds. The zero-order valence-corrected chi connectivity index (χ0v) is 11.1. The molecular formula is C14H15F3O3. The molecule has 3 nitrogen and oxygen atoms in total. The predicted molar refractivity (Wildman–Crippen MR) is 66.6 cm³/mol. The number of esters is 1. The molecule has 0 saturated carbocycles. The van der Waals surface area contributed by atoms with Crippen molar-refractivity contribution in [1.82, 2.24) is 0 Å². The molecule has 0 aromatic heterocycles. The molecule has 1 aromatic carbocycles. The Hall–Kier alpha value is -1.98. The summed E-state index contributed by atoms with van der Waals surface area (Å²) in [5, 5.41) is 0. The summed E-state index contributed by atoms with van der Waals surface area (Å²) < 4.78 is 46.5. The second kappa shape index (κ2) is 6.98. The second-order valence-electron chi connectivity index (χ2n) is 4.11. The van der Waals surface area contributed by atoms with Crippen LogP contribution < -0.4 is 0 Å². The molecule has 1 rings (SSSR count). The number of rotatable bonds is 5. The smallest absolute Gasteiger partial charge is 0.452 e. The fourth-order valence-corrected chi connectivity index (χ4v) is 1.40. The average molecular weight is 288 g/mol. The summed E-state index contributed by atoms with van der Waals surface area (Å²) in [7, 11) is 0. The SMILES string of the molecule is CC(=O)OC(O/C(C)=C/Cc1ccccc1)C(F)(F)F. The van der Waals surface area contributed by atoms with Gasteiger partial charge in [-0.1, -0.05) is 30.3 Å². The van der Waals surface area contributed by atoms with E-state index >= 15 is 0 Å². The van der Waals surface area contributed by atoms with Crippen LogP contribution in [0.5, 0.6) is 0 Å². The van der Waals surface area contributed by atoms with Crippen LogP contribution in [-0.2, 0) is 20.7 Å². The van der Waals surface area contributed by atoms with E-state index < -0.39 is 18.4 Å². The van der Waals surface area contributed by atoms with Gasteiger partial charge in [-0.3, -0.25) is 4.79 Å². The van der Waals surface area contributed by atoms with Crippen molar-refractivity contribution >= 4 is 5.97 Å². The zero-order valence-electron chi connectivity index (χ0n) is 11.1. The van der Waals surface area contributed by atoms with Crippen molar-refractivity contribution in [2.24, 2.45) is 0 Å². The second-order valence-corrected chi connectivity index (χ2v) is 4.11. The monoisotopic (exact) mass is 288 g/mol. The molecule has 0 N–H and O–H groups in total. The molecule has 1 atom stereocenters. The minimum absolute atomic E-state index is 0.0393. The maximum atomic E-state index is 12.6. The molecule has 0 aliphatic heterocycles. The zero-order chi connectivity index (χ0) is 15.2. The minimum Gasteiger partial charge on any atom is -0.452 e. The van der Waals surface area contributed by atoms with Crippen LogP contribution in [0.1, 0.15) is 19.4 Å². The number of allylic oxidation sites excluding steroid dienone is 2. The lowest BCUT2D eigenvalue weighted by molar-refractivity contribution is -0.288. The lowest BCUT2D eigenvalue weighted by Gasteiger charge is -2.21. The molecule has 0 radical (unpaired) electrons. The summed E-state index contributed by atoms with van der Waals surface area (Å²) in [6, 6.07) is 9.19. The summed E-state index contributed by atoms with van der Waals surface area (Å²) in [5.41, 5.74) is 0.937. The maximum Gasteiger partial charge on any atom is 0.464 e. The van der Waals surface area contributed by atoms with Crippen molar-refractivity contribution in [3.05, 3.63) is 47.7 Å². The number of carbonyl (C=O) groups is 1. The van der Waals surface area contributed by atoms with E-state index in [1.165, 1.54) is 13.0 Å². The van der Waals surface area contributed by atoms with Gasteiger partial charge in [0.2, 0.25) is 0 Å². The van der Waals surface area contributed by atoms with E-state index in [0.717, 1.165) is 12.5 Å². The van der Waals surface area contributed by atoms with Gasteiger partial charge < -0.3 is 9.47 Å². The number of hydrogen-bond acceptors (Lipinski definition) is 3. The van der Waals surface area contributed by atoms with E-state index in [2.05, 4.69) is 9.47 Å². The number of benzene rings is 1. The van der Waals surface area contributed by atoms with E-state index in [9.17, 15) is 18.0 Å². The highest BCUT2D eigenvalue weighted by Crippen LogP contribution is 2.26. The highest BCUT2D eigenvalue weighted by atomic mass is 19.4. The van der Waals surface area contributed by atoms with E-state index in [0.29, 0.717) is 6.42 Å². The quantitative estimate of drug-likeness (QED) is 0.472. The first-order valence-electron chi connectivity index (χ1n) is 5.90. The van der Waals surface area contributed by atoms with Gasteiger partial charge in [-0.05, 0) is 25.0 Å². The number of ether oxygens (including phenoxy) is 2. The normalized spacial score (nSPS) is 13.8. The van der Waals surface area contributed by atoms with Crippen molar-refractivity contribution < 1.29 is 27.4 Å². The Morgan fingerprint density at radius 1 is 1.20 bits per heavy atom. The number of halogens is 3. The molecule has 110 valence electrons. The van der Waals surface area contributed by atoms with Crippen LogP contribution in [0.2, 0.25) is 0 Å². The van der Waals surface area contributed by atoms with Crippen LogP contribution in [0.25, 0.3) is 0 Å². The van der Waals surface area contributed by atoms with Crippen molar-refractivity contribution in [3.63, 3.8) is 0 Å². The fourth-order valence-electron chi connectivity index (χ4n) is 1.40. The third-order valence-electron chi connectivity index (χ3n) is 2.30. The summed E-state index contributed by atoms with van der Waals surface area (Å²) in [6.45, 7) is 2.27. The van der Waals surface area contributed by atoms with Crippen LogP contribution >= 0.6 is 0 Å². The van der Waals surface area contributed by atoms with E-state index in [1.54, 1.807) is 0 Å². The molecule has 0 spiro atoms. The predicted octanol–water partition coefficient (Wildman–Crippen LogP) is 3.60. The Kier molecular flexibility index (Phi) is 5.61. The molecule has 0 heterocycles. The number of alkyl halides is 3. The largest absolute Gasteiger partial charge is 0.464 e. The molecular weight excluding hydrogens is 273 g/mol. The topological polar surface area (TPSA) is 35.5 Å². The highest BCUT2D eigenvalue weighted by Gasteiger charge is 2.45. The van der Waals surface area contributed by atoms with Crippen LogP contribution in [0, 0.1) is 0 Å². The first-order valence-corrected chi connectivity index (χ1v) is 5.90. The van der Waals surface area contributed by atoms with Gasteiger partial charge in [-0.15, -0.1) is 0 Å². The van der Waals surface area contributed by atoms with E-state index in [4.69, 9.17) is 0 Å². The molecule has 20 heavy (non-hydrogen) atoms. The third-order valence-corrected chi connectivity index (χ3v) is 2.30. The van der Waals surface area contributed by atoms with Crippen LogP contribution in [-0.4, -0.2) is 18.4 Å². The van der Waals surface area contributed by atoms with Crippen molar-refractivity contribution in [2.75, 3.05) is 0 Å². The molecule has 0 bridgehead atoms. The lowest BCUT2D eigenvalue weighted by Crippen LogP contribution is -2.35. The van der Waals surface area contributed by atoms with Gasteiger partial charge in [-0.2, -0.15) is 13.2 Å². The van der Waals surface area contributed by atoms with Crippen LogP contribution in [0.15, 0.2) is 42.2 Å². The van der Waals surface area contributed by atoms with Gasteiger partial charge in [0, 0.05) is 6.92 Å². The minimum atomic E-state index is -4.77. The Labute approximate surface area is 115 Å². The lowest BCUT2D eigenvalue weighted by atomic mass is 10.1. The van der Waals surface area contributed by atoms with Gasteiger partial charge >= 0.3 is 18.4 Å². The third kappa shape index (κ3) is 5.77. The molecule has 1 aromatic rings. The molecule has 0 saturated heterocycles. The summed E-state index contributed by atoms with van der Waals surface area (Å²) >= 11 is 0. The van der Waals surface area contributed by atoms with Gasteiger partial charge in [0.05, 0.1) is 5.76 Å². The maximum absolute atomic E-state index is 12.6. The molecule has 6 heteroatoms. The molecule has 0 fully saturated rings. The van der Waals surface area contributed by atoms with E-state index in [-0.39, 0.29) is 5.76 Å². The highest BCUT2D eigenvalue weighted by molar-refractivity contribution is 5.66. The Balaban J connectivity index is 2.65. The molecule has 1 unspecified atom stereocenters. The standard InChI is InChI=1S/C14H15F3O3/c1-10(8-9-12-6-4-3-5-7-12)19-13(14(15,16)17)20-11(2)18/h3-8,13H,9H2,1-2H3/b10-8+. The van der Waals surface area contributed by atoms with Gasteiger partial charge in [-0.25, -0.2) is 0 Å². The first kappa shape index (κ1) is 16.1. The van der Waals surface area contributed by atoms with Crippen LogP contribution in [0.4, 0.5) is 13.2 Å². The van der Waals surface area contributed by atoms with Gasteiger partial charge in [0.25, 0.3) is 0 Å². The fraction of sp³-hybridized carbons (Fsp3) is 0.357. The summed E-state index contributed by atoms with van der Waals surface area (Å²) in [4.78, 5) is 10.6. The van der Waals surface area contributed by atoms with Gasteiger partial charge in [0.15, 0.2) is 0 Å². The Morgan fingerprint density at radius 3 is 2.30 bits per heavy atom. The van der Waals surface area contributed by atoms with Crippen molar-refractivity contribution in [2.45, 2.75) is 32.7 Å². The Bertz CT molecular complexity index is 466. The first-order chi connectivity index (χ1) is 9.29. The number of hydrogen-bond donors (Lipinski definition) is 0. The molecule has 0 aliphatic carbocycles. The van der Waals surface area contributed by atoms with Crippen molar-refractivity contribution in [1.29, 1.82) is 0 Å². The Morgan fingerprint density at radius 2 is 1.80 bits per heavy atom. The summed E-state index contributed by atoms with van der Waals surface area (Å²) in [5.74, 6) is -1.01. The number of carbonyl (C=O) groups excluding carboxylic acids is 1. The van der Waals surface area contributed by atoms with Gasteiger partial charge in [0.1, 0.15) is 0 Å². The van der Waals surface area contributed by atoms with E-state index in [1.807, 2.05) is 30.3 Å². The summed E-state index contributed by atoms with van der Waals surface area (Å²) in [6.07, 6.45) is -5.42. The average Bonchev–Trinajstić information content (AvgIpc) is 2.35. The van der Waals surface area contributed by atoms with Crippen molar-refractivity contribution in [3.8, 4) is 0 Å².